The van der Waals surface area contributed by atoms with Crippen molar-refractivity contribution in [3.63, 3.8) is 0 Å². The van der Waals surface area contributed by atoms with Crippen LogP contribution in [0.15, 0.2) is 18.2 Å². The minimum absolute atomic E-state index is 0.0362. The van der Waals surface area contributed by atoms with Crippen LogP contribution in [0.25, 0.3) is 0 Å². The van der Waals surface area contributed by atoms with Gasteiger partial charge in [-0.05, 0) is 37.0 Å². The van der Waals surface area contributed by atoms with E-state index in [9.17, 15) is 4.79 Å². The van der Waals surface area contributed by atoms with Crippen molar-refractivity contribution in [3.05, 3.63) is 29.3 Å². The Hall–Kier alpha value is -1.55. The third-order valence-corrected chi connectivity index (χ3v) is 3.47. The maximum absolute atomic E-state index is 11.0. The van der Waals surface area contributed by atoms with E-state index in [1.54, 1.807) is 0 Å². The van der Waals surface area contributed by atoms with E-state index in [-0.39, 0.29) is 18.1 Å². The van der Waals surface area contributed by atoms with Crippen LogP contribution in [-0.4, -0.2) is 19.2 Å². The Kier molecular flexibility index (Phi) is 4.43. The zero-order valence-electron chi connectivity index (χ0n) is 11.5. The van der Waals surface area contributed by atoms with Crippen molar-refractivity contribution in [2.75, 3.05) is 7.11 Å². The minimum Gasteiger partial charge on any atom is -0.490 e. The molecule has 19 heavy (non-hydrogen) atoms. The predicted molar refractivity (Wildman–Crippen MR) is 73.0 cm³/mol. The van der Waals surface area contributed by atoms with Crippen molar-refractivity contribution in [1.29, 1.82) is 0 Å². The smallest absolute Gasteiger partial charge is 0.305 e. The normalized spacial score (nSPS) is 18.6. The molecule has 2 atom stereocenters. The van der Waals surface area contributed by atoms with Crippen molar-refractivity contribution in [3.8, 4) is 5.75 Å². The fraction of sp³-hybridized carbons (Fsp3) is 0.533. The van der Waals surface area contributed by atoms with E-state index < -0.39 is 0 Å². The van der Waals surface area contributed by atoms with Gasteiger partial charge in [0.15, 0.2) is 0 Å². The number of methoxy groups -OCH3 is 1. The number of ether oxygens (including phenoxy) is 2. The Morgan fingerprint density at radius 1 is 1.58 bits per heavy atom. The summed E-state index contributed by atoms with van der Waals surface area (Å²) >= 11 is 0. The summed E-state index contributed by atoms with van der Waals surface area (Å²) in [5.41, 5.74) is 8.50. The van der Waals surface area contributed by atoms with Gasteiger partial charge in [-0.1, -0.05) is 12.1 Å². The number of rotatable bonds is 5. The van der Waals surface area contributed by atoms with Crippen LogP contribution < -0.4 is 10.5 Å². The van der Waals surface area contributed by atoms with Crippen LogP contribution in [0.2, 0.25) is 0 Å². The highest BCUT2D eigenvalue weighted by Crippen LogP contribution is 2.31. The summed E-state index contributed by atoms with van der Waals surface area (Å²) in [5, 5.41) is 0. The quantitative estimate of drug-likeness (QED) is 0.828. The van der Waals surface area contributed by atoms with Crippen LogP contribution in [0.3, 0.4) is 0 Å². The molecular formula is C15H21NO3. The highest BCUT2D eigenvalue weighted by atomic mass is 16.5. The fourth-order valence-corrected chi connectivity index (χ4v) is 2.41. The molecule has 4 heteroatoms. The van der Waals surface area contributed by atoms with Gasteiger partial charge in [0, 0.05) is 18.9 Å². The summed E-state index contributed by atoms with van der Waals surface area (Å²) in [5.74, 6) is 0.793. The molecule has 0 amide bonds. The van der Waals surface area contributed by atoms with Crippen molar-refractivity contribution in [1.82, 2.24) is 0 Å². The van der Waals surface area contributed by atoms with Gasteiger partial charge in [-0.2, -0.15) is 0 Å². The summed E-state index contributed by atoms with van der Waals surface area (Å²) in [6.45, 7) is 2.07. The Morgan fingerprint density at radius 3 is 3.11 bits per heavy atom. The number of esters is 1. The first kappa shape index (κ1) is 13.9. The van der Waals surface area contributed by atoms with Crippen LogP contribution in [0.5, 0.6) is 5.75 Å². The Morgan fingerprint density at radius 2 is 2.37 bits per heavy atom. The van der Waals surface area contributed by atoms with Gasteiger partial charge in [-0.25, -0.2) is 0 Å². The molecule has 0 bridgehead atoms. The number of carbonyl (C=O) groups excluding carboxylic acids is 1. The number of nitrogens with two attached hydrogens (primary N) is 1. The summed E-state index contributed by atoms with van der Waals surface area (Å²) in [6.07, 6.45) is 3.15. The number of carbonyl (C=O) groups is 1. The van der Waals surface area contributed by atoms with Gasteiger partial charge < -0.3 is 15.2 Å². The second-order valence-electron chi connectivity index (χ2n) is 5.07. The monoisotopic (exact) mass is 263 g/mol. The maximum atomic E-state index is 11.0. The third kappa shape index (κ3) is 3.47. The highest BCUT2D eigenvalue weighted by Gasteiger charge is 2.20. The van der Waals surface area contributed by atoms with E-state index >= 15 is 0 Å². The number of fused-ring (bicyclic) bond motifs is 1. The van der Waals surface area contributed by atoms with Gasteiger partial charge in [-0.3, -0.25) is 4.79 Å². The van der Waals surface area contributed by atoms with Crippen LogP contribution in [-0.2, 0) is 16.0 Å². The molecule has 0 saturated heterocycles. The average molecular weight is 263 g/mol. The molecule has 2 rings (SSSR count). The molecular weight excluding hydrogens is 242 g/mol. The molecule has 1 aliphatic heterocycles. The van der Waals surface area contributed by atoms with E-state index in [0.29, 0.717) is 6.42 Å². The zero-order chi connectivity index (χ0) is 13.8. The van der Waals surface area contributed by atoms with Gasteiger partial charge in [-0.15, -0.1) is 0 Å². The number of hydrogen-bond donors (Lipinski definition) is 1. The first-order valence-corrected chi connectivity index (χ1v) is 6.72. The largest absolute Gasteiger partial charge is 0.490 e. The second kappa shape index (κ2) is 6.06. The minimum atomic E-state index is -0.177. The predicted octanol–water partition coefficient (Wildman–Crippen LogP) is 2.35. The van der Waals surface area contributed by atoms with Crippen LogP contribution in [0.4, 0.5) is 0 Å². The average Bonchev–Trinajstić information content (AvgIpc) is 2.77. The first-order chi connectivity index (χ1) is 9.10. The molecule has 1 heterocycles. The third-order valence-electron chi connectivity index (χ3n) is 3.47. The number of hydrogen-bond acceptors (Lipinski definition) is 4. The molecule has 0 spiro atoms. The van der Waals surface area contributed by atoms with Gasteiger partial charge in [0.25, 0.3) is 0 Å². The zero-order valence-corrected chi connectivity index (χ0v) is 11.5. The lowest BCUT2D eigenvalue weighted by Crippen LogP contribution is -2.11. The summed E-state index contributed by atoms with van der Waals surface area (Å²) in [6, 6.07) is 6.10. The first-order valence-electron chi connectivity index (χ1n) is 6.72. The fourth-order valence-electron chi connectivity index (χ4n) is 2.41. The van der Waals surface area contributed by atoms with Gasteiger partial charge in [0.05, 0.1) is 7.11 Å². The van der Waals surface area contributed by atoms with Crippen molar-refractivity contribution in [2.45, 2.75) is 44.8 Å². The molecule has 0 fully saturated rings. The van der Waals surface area contributed by atoms with E-state index in [1.807, 2.05) is 12.1 Å². The van der Waals surface area contributed by atoms with E-state index in [0.717, 1.165) is 30.6 Å². The molecule has 104 valence electrons. The van der Waals surface area contributed by atoms with E-state index in [2.05, 4.69) is 17.7 Å². The van der Waals surface area contributed by atoms with Gasteiger partial charge in [0.1, 0.15) is 11.9 Å². The van der Waals surface area contributed by atoms with E-state index in [1.165, 1.54) is 12.7 Å². The lowest BCUT2D eigenvalue weighted by atomic mass is 9.98. The SMILES string of the molecule is COC(=O)CCCC(N)c1ccc2c(c1)CC(C)O2. The molecule has 4 nitrogen and oxygen atoms in total. The molecule has 1 aromatic carbocycles. The summed E-state index contributed by atoms with van der Waals surface area (Å²) in [4.78, 5) is 11.0. The van der Waals surface area contributed by atoms with Crippen LogP contribution in [0.1, 0.15) is 43.4 Å². The molecule has 2 N–H and O–H groups in total. The molecule has 1 aliphatic rings. The molecule has 0 saturated carbocycles. The standard InChI is InChI=1S/C15H21NO3/c1-10-8-12-9-11(6-7-14(12)19-10)13(16)4-3-5-15(17)18-2/h6-7,9-10,13H,3-5,8,16H2,1-2H3. The molecule has 1 aromatic rings. The van der Waals surface area contributed by atoms with Crippen LogP contribution in [0, 0.1) is 0 Å². The second-order valence-corrected chi connectivity index (χ2v) is 5.07. The molecule has 2 unspecified atom stereocenters. The van der Waals surface area contributed by atoms with E-state index in [4.69, 9.17) is 10.5 Å². The Bertz CT molecular complexity index is 459. The van der Waals surface area contributed by atoms with Crippen LogP contribution >= 0.6 is 0 Å². The lowest BCUT2D eigenvalue weighted by Gasteiger charge is -2.12. The number of benzene rings is 1. The molecule has 0 aliphatic carbocycles. The molecule has 0 radical (unpaired) electrons. The van der Waals surface area contributed by atoms with Crippen molar-refractivity contribution in [2.24, 2.45) is 5.73 Å². The summed E-state index contributed by atoms with van der Waals surface area (Å²) < 4.78 is 10.3. The van der Waals surface area contributed by atoms with Crippen molar-refractivity contribution < 1.29 is 14.3 Å². The van der Waals surface area contributed by atoms with Gasteiger partial charge >= 0.3 is 5.97 Å². The molecule has 0 aromatic heterocycles. The Balaban J connectivity index is 1.91. The Labute approximate surface area is 113 Å². The summed E-state index contributed by atoms with van der Waals surface area (Å²) in [7, 11) is 1.41. The lowest BCUT2D eigenvalue weighted by molar-refractivity contribution is -0.140. The maximum Gasteiger partial charge on any atom is 0.305 e. The van der Waals surface area contributed by atoms with Gasteiger partial charge in [0.2, 0.25) is 0 Å². The van der Waals surface area contributed by atoms with Crippen molar-refractivity contribution >= 4 is 5.97 Å². The topological polar surface area (TPSA) is 61.5 Å². The highest BCUT2D eigenvalue weighted by molar-refractivity contribution is 5.69.